The molecular weight excluding hydrogens is 210 g/mol. The van der Waals surface area contributed by atoms with Gasteiger partial charge in [-0.25, -0.2) is 0 Å². The van der Waals surface area contributed by atoms with E-state index in [1.165, 1.54) is 17.5 Å². The number of rotatable bonds is 4. The lowest BCUT2D eigenvalue weighted by Crippen LogP contribution is -2.38. The monoisotopic (exact) mass is 233 g/mol. The summed E-state index contributed by atoms with van der Waals surface area (Å²) in [5.74, 6) is 0. The van der Waals surface area contributed by atoms with Crippen molar-refractivity contribution in [3.63, 3.8) is 0 Å². The van der Waals surface area contributed by atoms with E-state index < -0.39 is 0 Å². The first-order chi connectivity index (χ1) is 8.24. The molecule has 17 heavy (non-hydrogen) atoms. The molecule has 1 saturated heterocycles. The molecule has 0 aromatic heterocycles. The Hall–Kier alpha value is -0.860. The van der Waals surface area contributed by atoms with Gasteiger partial charge in [0.2, 0.25) is 0 Å². The molecule has 1 unspecified atom stereocenters. The Morgan fingerprint density at radius 3 is 3.06 bits per heavy atom. The van der Waals surface area contributed by atoms with E-state index >= 15 is 0 Å². The normalized spacial score (nSPS) is 21.6. The van der Waals surface area contributed by atoms with Gasteiger partial charge in [-0.2, -0.15) is 0 Å². The highest BCUT2D eigenvalue weighted by atomic mass is 16.3. The van der Waals surface area contributed by atoms with Gasteiger partial charge in [0.1, 0.15) is 0 Å². The number of nitrogens with zero attached hydrogens (tertiary/aromatic N) is 1. The summed E-state index contributed by atoms with van der Waals surface area (Å²) in [6.45, 7) is 5.29. The fourth-order valence-corrected chi connectivity index (χ4v) is 2.61. The Bertz CT molecular complexity index is 351. The number of aliphatic hydroxyl groups excluding tert-OH is 1. The molecule has 0 bridgehead atoms. The Kier molecular flexibility index (Phi) is 4.57. The van der Waals surface area contributed by atoms with E-state index in [0.717, 1.165) is 38.9 Å². The molecule has 0 saturated carbocycles. The molecule has 2 heteroatoms. The van der Waals surface area contributed by atoms with Crippen molar-refractivity contribution in [2.45, 2.75) is 38.7 Å². The topological polar surface area (TPSA) is 23.5 Å². The van der Waals surface area contributed by atoms with Crippen LogP contribution in [0.3, 0.4) is 0 Å². The van der Waals surface area contributed by atoms with Crippen molar-refractivity contribution < 1.29 is 5.11 Å². The predicted molar refractivity (Wildman–Crippen MR) is 71.2 cm³/mol. The van der Waals surface area contributed by atoms with Crippen molar-refractivity contribution in [2.24, 2.45) is 0 Å². The molecular formula is C15H23NO. The Labute approximate surface area is 104 Å². The summed E-state index contributed by atoms with van der Waals surface area (Å²) in [6.07, 6.45) is 4.37. The summed E-state index contributed by atoms with van der Waals surface area (Å²) < 4.78 is 0. The number of benzene rings is 1. The van der Waals surface area contributed by atoms with Crippen LogP contribution in [0, 0.1) is 6.92 Å². The van der Waals surface area contributed by atoms with Gasteiger partial charge >= 0.3 is 0 Å². The fourth-order valence-electron chi connectivity index (χ4n) is 2.61. The van der Waals surface area contributed by atoms with Crippen LogP contribution in [-0.2, 0) is 6.42 Å². The molecule has 0 radical (unpaired) electrons. The third kappa shape index (κ3) is 4.14. The van der Waals surface area contributed by atoms with Gasteiger partial charge in [0.15, 0.2) is 0 Å². The Balaban J connectivity index is 1.72. The van der Waals surface area contributed by atoms with Crippen molar-refractivity contribution >= 4 is 0 Å². The molecule has 1 atom stereocenters. The zero-order chi connectivity index (χ0) is 12.1. The van der Waals surface area contributed by atoms with E-state index in [0.29, 0.717) is 0 Å². The predicted octanol–water partition coefficient (Wildman–Crippen LogP) is 2.38. The minimum Gasteiger partial charge on any atom is -0.392 e. The Morgan fingerprint density at radius 2 is 2.29 bits per heavy atom. The minimum absolute atomic E-state index is 0.0947. The second-order valence-electron chi connectivity index (χ2n) is 5.19. The third-order valence-electron chi connectivity index (χ3n) is 3.50. The molecule has 1 aliphatic rings. The standard InChI is InChI=1S/C15H23NO/c1-13-5-2-6-14(11-13)7-3-9-16-10-4-8-15(17)12-16/h2,5-6,11,15,17H,3-4,7-10,12H2,1H3. The molecule has 0 aliphatic carbocycles. The first kappa shape index (κ1) is 12.6. The zero-order valence-electron chi connectivity index (χ0n) is 10.7. The SMILES string of the molecule is Cc1cccc(CCCN2CCCC(O)C2)c1. The van der Waals surface area contributed by atoms with Crippen LogP contribution >= 0.6 is 0 Å². The summed E-state index contributed by atoms with van der Waals surface area (Å²) in [4.78, 5) is 2.39. The second-order valence-corrected chi connectivity index (χ2v) is 5.19. The van der Waals surface area contributed by atoms with Crippen LogP contribution in [0.5, 0.6) is 0 Å². The average molecular weight is 233 g/mol. The van der Waals surface area contributed by atoms with Crippen LogP contribution in [0.25, 0.3) is 0 Å². The van der Waals surface area contributed by atoms with Crippen molar-refractivity contribution in [1.82, 2.24) is 4.90 Å². The molecule has 94 valence electrons. The van der Waals surface area contributed by atoms with Crippen molar-refractivity contribution in [1.29, 1.82) is 0 Å². The summed E-state index contributed by atoms with van der Waals surface area (Å²) in [7, 11) is 0. The Morgan fingerprint density at radius 1 is 1.41 bits per heavy atom. The number of hydrogen-bond donors (Lipinski definition) is 1. The van der Waals surface area contributed by atoms with Crippen LogP contribution in [0.2, 0.25) is 0 Å². The van der Waals surface area contributed by atoms with Gasteiger partial charge in [0.05, 0.1) is 6.10 Å². The van der Waals surface area contributed by atoms with Crippen LogP contribution in [0.4, 0.5) is 0 Å². The lowest BCUT2D eigenvalue weighted by Gasteiger charge is -2.29. The molecule has 0 spiro atoms. The average Bonchev–Trinajstić information content (AvgIpc) is 2.29. The van der Waals surface area contributed by atoms with Gasteiger partial charge < -0.3 is 10.0 Å². The molecule has 1 heterocycles. The summed E-state index contributed by atoms with van der Waals surface area (Å²) >= 11 is 0. The summed E-state index contributed by atoms with van der Waals surface area (Å²) in [5.41, 5.74) is 2.78. The highest BCUT2D eigenvalue weighted by molar-refractivity contribution is 5.22. The first-order valence-electron chi connectivity index (χ1n) is 6.70. The maximum absolute atomic E-state index is 9.59. The van der Waals surface area contributed by atoms with E-state index in [9.17, 15) is 5.11 Å². The number of piperidine rings is 1. The second kappa shape index (κ2) is 6.18. The van der Waals surface area contributed by atoms with Gasteiger partial charge in [-0.15, -0.1) is 0 Å². The molecule has 1 aromatic rings. The van der Waals surface area contributed by atoms with E-state index in [4.69, 9.17) is 0 Å². The van der Waals surface area contributed by atoms with Crippen molar-refractivity contribution in [3.05, 3.63) is 35.4 Å². The maximum Gasteiger partial charge on any atom is 0.0667 e. The van der Waals surface area contributed by atoms with Gasteiger partial charge in [-0.1, -0.05) is 29.8 Å². The van der Waals surface area contributed by atoms with Gasteiger partial charge in [-0.05, 0) is 51.3 Å². The van der Waals surface area contributed by atoms with Gasteiger partial charge in [0.25, 0.3) is 0 Å². The number of aliphatic hydroxyl groups is 1. The number of likely N-dealkylation sites (tertiary alicyclic amines) is 1. The molecule has 1 aromatic carbocycles. The van der Waals surface area contributed by atoms with E-state index in [1.807, 2.05) is 0 Å². The molecule has 0 amide bonds. The molecule has 2 nitrogen and oxygen atoms in total. The fraction of sp³-hybridized carbons (Fsp3) is 0.600. The minimum atomic E-state index is -0.0947. The number of aryl methyl sites for hydroxylation is 2. The van der Waals surface area contributed by atoms with Gasteiger partial charge in [0, 0.05) is 6.54 Å². The molecule has 1 N–H and O–H groups in total. The highest BCUT2D eigenvalue weighted by Gasteiger charge is 2.16. The lowest BCUT2D eigenvalue weighted by molar-refractivity contribution is 0.0702. The van der Waals surface area contributed by atoms with E-state index in [1.54, 1.807) is 0 Å². The maximum atomic E-state index is 9.59. The molecule has 1 aliphatic heterocycles. The van der Waals surface area contributed by atoms with E-state index in [-0.39, 0.29) is 6.10 Å². The first-order valence-corrected chi connectivity index (χ1v) is 6.70. The van der Waals surface area contributed by atoms with E-state index in [2.05, 4.69) is 36.1 Å². The largest absolute Gasteiger partial charge is 0.392 e. The molecule has 1 fully saturated rings. The molecule has 2 rings (SSSR count). The third-order valence-corrected chi connectivity index (χ3v) is 3.50. The smallest absolute Gasteiger partial charge is 0.0667 e. The highest BCUT2D eigenvalue weighted by Crippen LogP contribution is 2.12. The van der Waals surface area contributed by atoms with Crippen LogP contribution < -0.4 is 0 Å². The van der Waals surface area contributed by atoms with Crippen LogP contribution in [0.1, 0.15) is 30.4 Å². The number of β-amino-alcohol motifs (C(OH)–C–C–N with tert-alkyl or cyclic N) is 1. The summed E-state index contributed by atoms with van der Waals surface area (Å²) in [5, 5.41) is 9.59. The zero-order valence-corrected chi connectivity index (χ0v) is 10.7. The summed E-state index contributed by atoms with van der Waals surface area (Å²) in [6, 6.07) is 8.75. The lowest BCUT2D eigenvalue weighted by atomic mass is 10.1. The quantitative estimate of drug-likeness (QED) is 0.863. The van der Waals surface area contributed by atoms with Crippen LogP contribution in [-0.4, -0.2) is 35.7 Å². The van der Waals surface area contributed by atoms with Crippen molar-refractivity contribution in [3.8, 4) is 0 Å². The van der Waals surface area contributed by atoms with Gasteiger partial charge in [-0.3, -0.25) is 0 Å². The van der Waals surface area contributed by atoms with Crippen LogP contribution in [0.15, 0.2) is 24.3 Å². The van der Waals surface area contributed by atoms with Crippen molar-refractivity contribution in [2.75, 3.05) is 19.6 Å². The number of hydrogen-bond acceptors (Lipinski definition) is 2.